The predicted molar refractivity (Wildman–Crippen MR) is 170 cm³/mol. The van der Waals surface area contributed by atoms with Crippen molar-refractivity contribution in [2.45, 2.75) is 118 Å². The van der Waals surface area contributed by atoms with Gasteiger partial charge < -0.3 is 18.9 Å². The lowest BCUT2D eigenvalue weighted by Crippen LogP contribution is -2.47. The van der Waals surface area contributed by atoms with Crippen LogP contribution in [0.15, 0.2) is 23.3 Å². The summed E-state index contributed by atoms with van der Waals surface area (Å²) in [6.45, 7) is 15.5. The SMILES string of the molecule is COCCOCCOC(=O)CC(C)C(=O)O[C@H]1CC[C@@]2(C)C(=CC=C3C4CCC([C@H](C)CCCC(C)C)[C@@]4(C)CCC32)C1. The minimum absolute atomic E-state index is 0.0235. The van der Waals surface area contributed by atoms with Gasteiger partial charge >= 0.3 is 11.9 Å². The number of carbonyl (C=O) groups excluding carboxylic acids is 2. The molecule has 244 valence electrons. The number of ether oxygens (including phenoxy) is 4. The number of allylic oxidation sites excluding steroid dienone is 3. The van der Waals surface area contributed by atoms with Crippen molar-refractivity contribution in [1.29, 1.82) is 0 Å². The van der Waals surface area contributed by atoms with Crippen LogP contribution in [0, 0.1) is 46.3 Å². The predicted octanol–water partition coefficient (Wildman–Crippen LogP) is 8.09. The first kappa shape index (κ1) is 34.2. The fraction of sp³-hybridized carbons (Fsp3) is 0.838. The van der Waals surface area contributed by atoms with Crippen LogP contribution in [0.5, 0.6) is 0 Å². The first-order valence-electron chi connectivity index (χ1n) is 17.3. The lowest BCUT2D eigenvalue weighted by atomic mass is 9.50. The Hall–Kier alpha value is -1.66. The summed E-state index contributed by atoms with van der Waals surface area (Å²) in [6, 6.07) is 0. The van der Waals surface area contributed by atoms with E-state index in [1.165, 1.54) is 50.5 Å². The second-order valence-corrected chi connectivity index (χ2v) is 15.1. The van der Waals surface area contributed by atoms with E-state index in [2.05, 4.69) is 46.8 Å². The number of methoxy groups -OCH3 is 1. The molecular formula is C37H60O6. The lowest BCUT2D eigenvalue weighted by Gasteiger charge is -2.55. The molecule has 0 heterocycles. The normalized spacial score (nSPS) is 33.0. The Morgan fingerprint density at radius 2 is 1.67 bits per heavy atom. The summed E-state index contributed by atoms with van der Waals surface area (Å²) in [5.41, 5.74) is 3.77. The van der Waals surface area contributed by atoms with Gasteiger partial charge in [0.2, 0.25) is 0 Å². The van der Waals surface area contributed by atoms with Crippen molar-refractivity contribution < 1.29 is 28.5 Å². The highest BCUT2D eigenvalue weighted by atomic mass is 16.6. The number of hydrogen-bond donors (Lipinski definition) is 0. The van der Waals surface area contributed by atoms with Crippen molar-refractivity contribution in [3.63, 3.8) is 0 Å². The summed E-state index contributed by atoms with van der Waals surface area (Å²) in [7, 11) is 1.61. The quantitative estimate of drug-likeness (QED) is 0.140. The molecule has 3 saturated carbocycles. The minimum Gasteiger partial charge on any atom is -0.463 e. The monoisotopic (exact) mass is 600 g/mol. The van der Waals surface area contributed by atoms with Gasteiger partial charge in [0.1, 0.15) is 12.7 Å². The van der Waals surface area contributed by atoms with E-state index in [-0.39, 0.29) is 30.5 Å². The topological polar surface area (TPSA) is 71.1 Å². The van der Waals surface area contributed by atoms with Gasteiger partial charge in [0, 0.05) is 13.5 Å². The third kappa shape index (κ3) is 7.95. The summed E-state index contributed by atoms with van der Waals surface area (Å²) >= 11 is 0. The van der Waals surface area contributed by atoms with Gasteiger partial charge in [0.15, 0.2) is 0 Å². The Labute approximate surface area is 261 Å². The molecule has 0 amide bonds. The fourth-order valence-corrected chi connectivity index (χ4v) is 9.23. The maximum atomic E-state index is 12.9. The lowest BCUT2D eigenvalue weighted by molar-refractivity contribution is -0.160. The number of fused-ring (bicyclic) bond motifs is 5. The zero-order chi connectivity index (χ0) is 31.2. The van der Waals surface area contributed by atoms with Gasteiger partial charge in [-0.05, 0) is 78.9 Å². The molecule has 0 aromatic carbocycles. The zero-order valence-electron chi connectivity index (χ0n) is 28.3. The molecule has 0 aromatic heterocycles. The second kappa shape index (κ2) is 15.1. The van der Waals surface area contributed by atoms with Crippen molar-refractivity contribution in [2.24, 2.45) is 46.3 Å². The summed E-state index contributed by atoms with van der Waals surface area (Å²) in [5.74, 6) is 2.56. The Morgan fingerprint density at radius 1 is 0.907 bits per heavy atom. The Kier molecular flexibility index (Phi) is 12.0. The maximum Gasteiger partial charge on any atom is 0.309 e. The molecular weight excluding hydrogens is 540 g/mol. The molecule has 0 spiro atoms. The molecule has 4 aliphatic carbocycles. The van der Waals surface area contributed by atoms with Gasteiger partial charge in [-0.3, -0.25) is 9.59 Å². The van der Waals surface area contributed by atoms with Gasteiger partial charge in [-0.25, -0.2) is 0 Å². The van der Waals surface area contributed by atoms with E-state index >= 15 is 0 Å². The van der Waals surface area contributed by atoms with E-state index in [1.54, 1.807) is 19.6 Å². The molecule has 0 aliphatic heterocycles. The molecule has 0 N–H and O–H groups in total. The largest absolute Gasteiger partial charge is 0.463 e. The average Bonchev–Trinajstić information content (AvgIpc) is 3.32. The maximum absolute atomic E-state index is 12.9. The average molecular weight is 601 g/mol. The summed E-state index contributed by atoms with van der Waals surface area (Å²) in [5, 5.41) is 0. The van der Waals surface area contributed by atoms with E-state index < -0.39 is 11.9 Å². The molecule has 0 saturated heterocycles. The molecule has 6 nitrogen and oxygen atoms in total. The second-order valence-electron chi connectivity index (χ2n) is 15.1. The molecule has 0 radical (unpaired) electrons. The molecule has 6 heteroatoms. The minimum atomic E-state index is -0.527. The van der Waals surface area contributed by atoms with Crippen LogP contribution in [-0.2, 0) is 28.5 Å². The Morgan fingerprint density at radius 3 is 2.42 bits per heavy atom. The standard InChI is InChI=1S/C37H60O6/c1-25(2)9-8-10-26(3)31-13-14-32-30-12-11-28-24-29(15-17-36(28,5)33(30)16-18-37(31,32)6)43-35(39)27(4)23-34(38)42-22-21-41-20-19-40-7/h11-12,25-27,29,31-33H,8-10,13-24H2,1-7H3/t26-,27?,29+,31?,32?,33?,36+,37-/m1/s1. The van der Waals surface area contributed by atoms with Crippen molar-refractivity contribution >= 4 is 11.9 Å². The smallest absolute Gasteiger partial charge is 0.309 e. The third-order valence-corrected chi connectivity index (χ3v) is 11.8. The van der Waals surface area contributed by atoms with Crippen molar-refractivity contribution in [1.82, 2.24) is 0 Å². The van der Waals surface area contributed by atoms with Gasteiger partial charge in [-0.1, -0.05) is 84.1 Å². The zero-order valence-corrected chi connectivity index (χ0v) is 28.3. The van der Waals surface area contributed by atoms with Gasteiger partial charge in [0.05, 0.1) is 32.2 Å². The van der Waals surface area contributed by atoms with E-state index in [1.807, 2.05) is 0 Å². The molecule has 0 aromatic rings. The fourth-order valence-electron chi connectivity index (χ4n) is 9.23. The number of rotatable bonds is 15. The van der Waals surface area contributed by atoms with Crippen LogP contribution in [0.1, 0.15) is 112 Å². The number of hydrogen-bond acceptors (Lipinski definition) is 6. The summed E-state index contributed by atoms with van der Waals surface area (Å²) in [6.07, 6.45) is 17.0. The highest BCUT2D eigenvalue weighted by Gasteiger charge is 2.57. The molecule has 3 fully saturated rings. The molecule has 0 bridgehead atoms. The number of carbonyl (C=O) groups is 2. The van der Waals surface area contributed by atoms with E-state index in [4.69, 9.17) is 18.9 Å². The van der Waals surface area contributed by atoms with Gasteiger partial charge in [0.25, 0.3) is 0 Å². The highest BCUT2D eigenvalue weighted by molar-refractivity contribution is 5.79. The van der Waals surface area contributed by atoms with Crippen LogP contribution in [-0.4, -0.2) is 51.6 Å². The van der Waals surface area contributed by atoms with Gasteiger partial charge in [-0.2, -0.15) is 0 Å². The van der Waals surface area contributed by atoms with Crippen LogP contribution in [0.2, 0.25) is 0 Å². The highest BCUT2D eigenvalue weighted by Crippen LogP contribution is 2.66. The number of esters is 2. The van der Waals surface area contributed by atoms with Crippen LogP contribution in [0.4, 0.5) is 0 Å². The molecule has 8 atom stereocenters. The van der Waals surface area contributed by atoms with Crippen LogP contribution in [0.3, 0.4) is 0 Å². The van der Waals surface area contributed by atoms with Gasteiger partial charge in [-0.15, -0.1) is 0 Å². The van der Waals surface area contributed by atoms with Crippen molar-refractivity contribution in [3.8, 4) is 0 Å². The van der Waals surface area contributed by atoms with E-state index in [0.29, 0.717) is 37.1 Å². The van der Waals surface area contributed by atoms with E-state index in [9.17, 15) is 9.59 Å². The van der Waals surface area contributed by atoms with Crippen LogP contribution in [0.25, 0.3) is 0 Å². The van der Waals surface area contributed by atoms with E-state index in [0.717, 1.165) is 37.0 Å². The van der Waals surface area contributed by atoms with Crippen molar-refractivity contribution in [3.05, 3.63) is 23.3 Å². The first-order chi connectivity index (χ1) is 20.5. The Balaban J connectivity index is 1.31. The molecule has 43 heavy (non-hydrogen) atoms. The first-order valence-corrected chi connectivity index (χ1v) is 17.3. The van der Waals surface area contributed by atoms with Crippen LogP contribution >= 0.6 is 0 Å². The summed E-state index contributed by atoms with van der Waals surface area (Å²) in [4.78, 5) is 25.1. The van der Waals surface area contributed by atoms with Crippen LogP contribution < -0.4 is 0 Å². The molecule has 4 aliphatic rings. The Bertz CT molecular complexity index is 1010. The summed E-state index contributed by atoms with van der Waals surface area (Å²) < 4.78 is 21.4. The third-order valence-electron chi connectivity index (χ3n) is 11.8. The molecule has 4 unspecified atom stereocenters. The van der Waals surface area contributed by atoms with Crippen molar-refractivity contribution in [2.75, 3.05) is 33.5 Å². The molecule has 4 rings (SSSR count).